The van der Waals surface area contributed by atoms with Gasteiger partial charge in [-0.1, -0.05) is 30.3 Å². The number of nitro benzene ring substituents is 1. The van der Waals surface area contributed by atoms with E-state index in [0.29, 0.717) is 0 Å². The fourth-order valence-corrected chi connectivity index (χ4v) is 3.42. The Kier molecular flexibility index (Phi) is 6.07. The van der Waals surface area contributed by atoms with Crippen LogP contribution in [0.15, 0.2) is 61.2 Å². The molecule has 0 heterocycles. The van der Waals surface area contributed by atoms with E-state index in [2.05, 4.69) is 16.6 Å². The molecular formula is C17H17N3O5S. The Morgan fingerprint density at radius 1 is 1.19 bits per heavy atom. The van der Waals surface area contributed by atoms with E-state index in [1.54, 1.807) is 12.1 Å². The SMILES string of the molecule is C=CCNC(=O)c1ccccc1NS(=O)(=O)Cc1cccc([N+](=O)[O-])c1. The van der Waals surface area contributed by atoms with Gasteiger partial charge in [-0.25, -0.2) is 8.42 Å². The van der Waals surface area contributed by atoms with Gasteiger partial charge in [-0.3, -0.25) is 19.6 Å². The monoisotopic (exact) mass is 375 g/mol. The molecule has 0 aliphatic rings. The first-order valence-electron chi connectivity index (χ1n) is 7.54. The van der Waals surface area contributed by atoms with E-state index in [1.165, 1.54) is 42.5 Å². The van der Waals surface area contributed by atoms with Crippen LogP contribution in [0.25, 0.3) is 0 Å². The summed E-state index contributed by atoms with van der Waals surface area (Å²) in [6.07, 6.45) is 1.51. The van der Waals surface area contributed by atoms with Gasteiger partial charge in [-0.15, -0.1) is 6.58 Å². The summed E-state index contributed by atoms with van der Waals surface area (Å²) < 4.78 is 27.2. The van der Waals surface area contributed by atoms with Crippen LogP contribution in [0.1, 0.15) is 15.9 Å². The molecule has 0 aliphatic carbocycles. The fraction of sp³-hybridized carbons (Fsp3) is 0.118. The predicted octanol–water partition coefficient (Wildman–Crippen LogP) is 2.45. The van der Waals surface area contributed by atoms with Crippen LogP contribution in [-0.2, 0) is 15.8 Å². The molecule has 0 atom stereocenters. The maximum atomic E-state index is 12.4. The molecule has 9 heteroatoms. The standard InChI is InChI=1S/C17H17N3O5S/c1-2-10-18-17(21)15-8-3-4-9-16(15)19-26(24,25)12-13-6-5-7-14(11-13)20(22)23/h2-9,11,19H,1,10,12H2,(H,18,21). The van der Waals surface area contributed by atoms with E-state index >= 15 is 0 Å². The predicted molar refractivity (Wildman–Crippen MR) is 98.3 cm³/mol. The Bertz CT molecular complexity index is 941. The zero-order chi connectivity index (χ0) is 19.2. The van der Waals surface area contributed by atoms with Crippen molar-refractivity contribution in [2.45, 2.75) is 5.75 Å². The summed E-state index contributed by atoms with van der Waals surface area (Å²) in [5.74, 6) is -0.907. The van der Waals surface area contributed by atoms with Gasteiger partial charge in [0.15, 0.2) is 0 Å². The molecule has 0 aliphatic heterocycles. The maximum absolute atomic E-state index is 12.4. The molecule has 0 bridgehead atoms. The number of para-hydroxylation sites is 1. The van der Waals surface area contributed by atoms with Gasteiger partial charge < -0.3 is 5.32 Å². The van der Waals surface area contributed by atoms with E-state index in [4.69, 9.17) is 0 Å². The number of hydrogen-bond donors (Lipinski definition) is 2. The van der Waals surface area contributed by atoms with Gasteiger partial charge in [-0.05, 0) is 17.7 Å². The van der Waals surface area contributed by atoms with Crippen molar-refractivity contribution in [2.75, 3.05) is 11.3 Å². The van der Waals surface area contributed by atoms with E-state index in [0.717, 1.165) is 0 Å². The molecule has 0 fully saturated rings. The van der Waals surface area contributed by atoms with Crippen molar-refractivity contribution >= 4 is 27.3 Å². The lowest BCUT2D eigenvalue weighted by Gasteiger charge is -2.12. The minimum Gasteiger partial charge on any atom is -0.349 e. The van der Waals surface area contributed by atoms with Gasteiger partial charge >= 0.3 is 0 Å². The number of anilines is 1. The Labute approximate surface area is 150 Å². The van der Waals surface area contributed by atoms with Crippen molar-refractivity contribution in [3.63, 3.8) is 0 Å². The number of carbonyl (C=O) groups is 1. The molecule has 2 aromatic rings. The molecule has 0 aromatic heterocycles. The van der Waals surface area contributed by atoms with Gasteiger partial charge in [0.1, 0.15) is 0 Å². The number of sulfonamides is 1. The molecule has 0 radical (unpaired) electrons. The topological polar surface area (TPSA) is 118 Å². The van der Waals surface area contributed by atoms with Crippen molar-refractivity contribution in [1.29, 1.82) is 0 Å². The second-order valence-electron chi connectivity index (χ2n) is 5.33. The van der Waals surface area contributed by atoms with E-state index in [9.17, 15) is 23.3 Å². The molecule has 2 rings (SSSR count). The van der Waals surface area contributed by atoms with Crippen LogP contribution in [0.4, 0.5) is 11.4 Å². The summed E-state index contributed by atoms with van der Waals surface area (Å²) in [5, 5.41) is 13.4. The molecule has 0 saturated carbocycles. The molecule has 0 spiro atoms. The third-order valence-corrected chi connectivity index (χ3v) is 4.57. The van der Waals surface area contributed by atoms with Crippen molar-refractivity contribution in [1.82, 2.24) is 5.32 Å². The maximum Gasteiger partial charge on any atom is 0.269 e. The second-order valence-corrected chi connectivity index (χ2v) is 7.05. The van der Waals surface area contributed by atoms with Crippen LogP contribution < -0.4 is 10.0 Å². The smallest absolute Gasteiger partial charge is 0.269 e. The van der Waals surface area contributed by atoms with Crippen LogP contribution in [-0.4, -0.2) is 25.8 Å². The average molecular weight is 375 g/mol. The van der Waals surface area contributed by atoms with Crippen LogP contribution in [0.2, 0.25) is 0 Å². The highest BCUT2D eigenvalue weighted by molar-refractivity contribution is 7.91. The first-order valence-corrected chi connectivity index (χ1v) is 9.19. The number of rotatable bonds is 8. The highest BCUT2D eigenvalue weighted by Crippen LogP contribution is 2.20. The molecule has 1 amide bonds. The lowest BCUT2D eigenvalue weighted by molar-refractivity contribution is -0.384. The molecule has 2 N–H and O–H groups in total. The lowest BCUT2D eigenvalue weighted by atomic mass is 10.1. The Morgan fingerprint density at radius 3 is 2.62 bits per heavy atom. The second kappa shape index (κ2) is 8.26. The first-order chi connectivity index (χ1) is 12.3. The summed E-state index contributed by atoms with van der Waals surface area (Å²) in [6.45, 7) is 3.74. The normalized spacial score (nSPS) is 10.8. The number of carbonyl (C=O) groups excluding carboxylic acids is 1. The summed E-state index contributed by atoms with van der Waals surface area (Å²) in [5.41, 5.74) is 0.360. The minimum atomic E-state index is -3.88. The molecule has 0 unspecified atom stereocenters. The quantitative estimate of drug-likeness (QED) is 0.417. The summed E-state index contributed by atoms with van der Waals surface area (Å²) in [6, 6.07) is 11.5. The molecule has 2 aromatic carbocycles. The van der Waals surface area contributed by atoms with Crippen molar-refractivity contribution in [3.8, 4) is 0 Å². The van der Waals surface area contributed by atoms with E-state index < -0.39 is 26.6 Å². The molecule has 136 valence electrons. The molecule has 8 nitrogen and oxygen atoms in total. The Morgan fingerprint density at radius 2 is 1.92 bits per heavy atom. The van der Waals surface area contributed by atoms with Crippen molar-refractivity contribution in [3.05, 3.63) is 82.4 Å². The number of non-ortho nitro benzene ring substituents is 1. The highest BCUT2D eigenvalue weighted by Gasteiger charge is 2.18. The van der Waals surface area contributed by atoms with Gasteiger partial charge in [0.2, 0.25) is 10.0 Å². The summed E-state index contributed by atoms with van der Waals surface area (Å²) >= 11 is 0. The minimum absolute atomic E-state index is 0.125. The number of benzene rings is 2. The third kappa shape index (κ3) is 5.15. The van der Waals surface area contributed by atoms with Crippen molar-refractivity contribution in [2.24, 2.45) is 0 Å². The number of nitrogens with zero attached hydrogens (tertiary/aromatic N) is 1. The van der Waals surface area contributed by atoms with E-state index in [-0.39, 0.29) is 29.0 Å². The van der Waals surface area contributed by atoms with Crippen LogP contribution >= 0.6 is 0 Å². The number of amides is 1. The van der Waals surface area contributed by atoms with Crippen LogP contribution in [0, 0.1) is 10.1 Å². The van der Waals surface area contributed by atoms with Crippen LogP contribution in [0.3, 0.4) is 0 Å². The zero-order valence-electron chi connectivity index (χ0n) is 13.7. The third-order valence-electron chi connectivity index (χ3n) is 3.32. The lowest BCUT2D eigenvalue weighted by Crippen LogP contribution is -2.25. The number of nitrogens with one attached hydrogen (secondary N) is 2. The van der Waals surface area contributed by atoms with Crippen molar-refractivity contribution < 1.29 is 18.1 Å². The first kappa shape index (κ1) is 19.1. The molecular weight excluding hydrogens is 358 g/mol. The summed E-state index contributed by atoms with van der Waals surface area (Å²) in [7, 11) is -3.88. The number of hydrogen-bond acceptors (Lipinski definition) is 5. The Hall–Kier alpha value is -3.20. The highest BCUT2D eigenvalue weighted by atomic mass is 32.2. The molecule has 0 saturated heterocycles. The Balaban J connectivity index is 2.22. The van der Waals surface area contributed by atoms with Gasteiger partial charge in [-0.2, -0.15) is 0 Å². The summed E-state index contributed by atoms with van der Waals surface area (Å²) in [4.78, 5) is 22.3. The van der Waals surface area contributed by atoms with E-state index in [1.807, 2.05) is 0 Å². The number of nitro groups is 1. The van der Waals surface area contributed by atoms with Gasteiger partial charge in [0.05, 0.1) is 21.9 Å². The largest absolute Gasteiger partial charge is 0.349 e. The van der Waals surface area contributed by atoms with Crippen LogP contribution in [0.5, 0.6) is 0 Å². The average Bonchev–Trinajstić information content (AvgIpc) is 2.59. The fourth-order valence-electron chi connectivity index (χ4n) is 2.21. The van der Waals surface area contributed by atoms with Gasteiger partial charge in [0.25, 0.3) is 11.6 Å². The van der Waals surface area contributed by atoms with Gasteiger partial charge in [0, 0.05) is 18.7 Å². The zero-order valence-corrected chi connectivity index (χ0v) is 14.5. The molecule has 26 heavy (non-hydrogen) atoms.